The van der Waals surface area contributed by atoms with Gasteiger partial charge in [0.1, 0.15) is 5.25 Å². The highest BCUT2D eigenvalue weighted by molar-refractivity contribution is 8.00. The van der Waals surface area contributed by atoms with Crippen LogP contribution in [0.3, 0.4) is 0 Å². The van der Waals surface area contributed by atoms with Crippen LogP contribution in [-0.2, 0) is 11.2 Å². The Labute approximate surface area is 179 Å². The van der Waals surface area contributed by atoms with Gasteiger partial charge in [0.05, 0.1) is 5.69 Å². The molecule has 2 N–H and O–H groups in total. The van der Waals surface area contributed by atoms with Crippen molar-refractivity contribution in [3.05, 3.63) is 65.7 Å². The van der Waals surface area contributed by atoms with Crippen molar-refractivity contribution in [2.75, 3.05) is 7.05 Å². The lowest BCUT2D eigenvalue weighted by atomic mass is 10.1. The number of imide groups is 1. The lowest BCUT2D eigenvalue weighted by molar-refractivity contribution is -0.119. The Morgan fingerprint density at radius 2 is 1.83 bits per heavy atom. The molecule has 156 valence electrons. The zero-order chi connectivity index (χ0) is 21.3. The van der Waals surface area contributed by atoms with E-state index >= 15 is 0 Å². The smallest absolute Gasteiger partial charge is 0.321 e. The molecule has 1 aromatic heterocycles. The maximum Gasteiger partial charge on any atom is 0.321 e. The molecular weight excluding hydrogens is 400 g/mol. The van der Waals surface area contributed by atoms with Crippen LogP contribution in [0.4, 0.5) is 4.79 Å². The molecule has 9 heteroatoms. The van der Waals surface area contributed by atoms with Crippen molar-refractivity contribution in [3.8, 4) is 5.69 Å². The number of unbranched alkanes of at least 4 members (excludes halogenated alkanes) is 1. The Hall–Kier alpha value is -3.20. The monoisotopic (exact) mass is 424 g/mol. The molecule has 0 aliphatic rings. The summed E-state index contributed by atoms with van der Waals surface area (Å²) >= 11 is 1.18. The molecule has 0 fully saturated rings. The average molecular weight is 425 g/mol. The van der Waals surface area contributed by atoms with E-state index in [0.717, 1.165) is 30.5 Å². The molecule has 0 spiro atoms. The van der Waals surface area contributed by atoms with Crippen molar-refractivity contribution < 1.29 is 9.59 Å². The fourth-order valence-electron chi connectivity index (χ4n) is 2.85. The van der Waals surface area contributed by atoms with E-state index in [-0.39, 0.29) is 0 Å². The summed E-state index contributed by atoms with van der Waals surface area (Å²) < 4.78 is 1.59. The summed E-state index contributed by atoms with van der Waals surface area (Å²) in [7, 11) is 1.46. The van der Waals surface area contributed by atoms with Gasteiger partial charge in [-0.25, -0.2) is 4.79 Å². The lowest BCUT2D eigenvalue weighted by Gasteiger charge is -2.16. The number of urea groups is 1. The number of tetrazole rings is 1. The summed E-state index contributed by atoms with van der Waals surface area (Å²) in [6.45, 7) is 2.17. The van der Waals surface area contributed by atoms with E-state index in [2.05, 4.69) is 45.2 Å². The zero-order valence-electron chi connectivity index (χ0n) is 16.9. The molecule has 0 saturated carbocycles. The first-order valence-corrected chi connectivity index (χ1v) is 10.6. The van der Waals surface area contributed by atoms with Crippen molar-refractivity contribution in [3.63, 3.8) is 0 Å². The molecule has 0 saturated heterocycles. The molecule has 3 aromatic rings. The minimum atomic E-state index is -0.697. The minimum Gasteiger partial charge on any atom is -0.341 e. The second-order valence-corrected chi connectivity index (χ2v) is 7.69. The first-order valence-electron chi connectivity index (χ1n) is 9.74. The second kappa shape index (κ2) is 10.5. The molecule has 0 unspecified atom stereocenters. The zero-order valence-corrected chi connectivity index (χ0v) is 17.7. The van der Waals surface area contributed by atoms with E-state index in [1.165, 1.54) is 24.4 Å². The normalized spacial score (nSPS) is 11.7. The largest absolute Gasteiger partial charge is 0.341 e. The van der Waals surface area contributed by atoms with Gasteiger partial charge in [0, 0.05) is 7.05 Å². The number of nitrogens with zero attached hydrogens (tertiary/aromatic N) is 4. The Balaban J connectivity index is 1.85. The topological polar surface area (TPSA) is 102 Å². The molecule has 30 heavy (non-hydrogen) atoms. The number of aryl methyl sites for hydroxylation is 1. The number of aromatic nitrogens is 4. The van der Waals surface area contributed by atoms with Crippen LogP contribution in [0, 0.1) is 0 Å². The van der Waals surface area contributed by atoms with Gasteiger partial charge in [0.25, 0.3) is 0 Å². The van der Waals surface area contributed by atoms with E-state index in [1.807, 2.05) is 42.5 Å². The minimum absolute atomic E-state index is 0.449. The number of benzene rings is 2. The van der Waals surface area contributed by atoms with Gasteiger partial charge in [0.2, 0.25) is 11.1 Å². The van der Waals surface area contributed by atoms with Crippen LogP contribution in [0.5, 0.6) is 0 Å². The number of rotatable bonds is 8. The van der Waals surface area contributed by atoms with Gasteiger partial charge in [-0.2, -0.15) is 4.68 Å². The van der Waals surface area contributed by atoms with Gasteiger partial charge in [-0.1, -0.05) is 67.6 Å². The number of carbonyl (C=O) groups is 2. The molecular formula is C21H24N6O2S. The maximum absolute atomic E-state index is 12.8. The van der Waals surface area contributed by atoms with E-state index in [0.29, 0.717) is 5.16 Å². The molecule has 3 amide bonds. The van der Waals surface area contributed by atoms with Crippen LogP contribution in [0.1, 0.15) is 36.1 Å². The predicted molar refractivity (Wildman–Crippen MR) is 115 cm³/mol. The highest BCUT2D eigenvalue weighted by Crippen LogP contribution is 2.34. The van der Waals surface area contributed by atoms with Crippen LogP contribution in [-0.4, -0.2) is 39.2 Å². The van der Waals surface area contributed by atoms with Crippen molar-refractivity contribution >= 4 is 23.7 Å². The highest BCUT2D eigenvalue weighted by Gasteiger charge is 2.26. The Morgan fingerprint density at radius 1 is 1.10 bits per heavy atom. The van der Waals surface area contributed by atoms with Crippen LogP contribution in [0.25, 0.3) is 5.69 Å². The Bertz CT molecular complexity index is 975. The van der Waals surface area contributed by atoms with Crippen LogP contribution in [0.15, 0.2) is 59.8 Å². The van der Waals surface area contributed by atoms with Crippen LogP contribution < -0.4 is 10.6 Å². The quantitative estimate of drug-likeness (QED) is 0.538. The Kier molecular flexibility index (Phi) is 7.56. The van der Waals surface area contributed by atoms with Crippen LogP contribution >= 0.6 is 11.8 Å². The molecule has 0 aliphatic heterocycles. The van der Waals surface area contributed by atoms with Gasteiger partial charge in [-0.3, -0.25) is 10.1 Å². The number of nitrogens with one attached hydrogen (secondary N) is 2. The van der Waals surface area contributed by atoms with Gasteiger partial charge in [-0.05, 0) is 46.5 Å². The third-order valence-electron chi connectivity index (χ3n) is 4.47. The molecule has 0 aliphatic carbocycles. The van der Waals surface area contributed by atoms with Gasteiger partial charge in [-0.15, -0.1) is 5.10 Å². The third-order valence-corrected chi connectivity index (χ3v) is 5.66. The molecule has 2 aromatic carbocycles. The van der Waals surface area contributed by atoms with E-state index < -0.39 is 17.2 Å². The number of amides is 3. The summed E-state index contributed by atoms with van der Waals surface area (Å²) in [5.41, 5.74) is 2.81. The van der Waals surface area contributed by atoms with Crippen molar-refractivity contribution in [1.82, 2.24) is 30.8 Å². The summed E-state index contributed by atoms with van der Waals surface area (Å²) in [4.78, 5) is 24.4. The fraction of sp³-hybridized carbons (Fsp3) is 0.286. The summed E-state index contributed by atoms with van der Waals surface area (Å²) in [5, 5.41) is 16.5. The highest BCUT2D eigenvalue weighted by atomic mass is 32.2. The number of thioether (sulfide) groups is 1. The summed E-state index contributed by atoms with van der Waals surface area (Å²) in [6.07, 6.45) is 3.32. The number of hydrogen-bond acceptors (Lipinski definition) is 6. The number of carbonyl (C=O) groups excluding carboxylic acids is 2. The standard InChI is InChI=1S/C21H24N6O2S/c1-3-4-8-15-11-13-17(14-12-15)27-21(24-25-26-27)30-18(16-9-6-5-7-10-16)19(28)23-20(29)22-2/h5-7,9-14,18H,3-4,8H2,1-2H3,(H2,22,23,28,29)/t18-/m1/s1. The molecule has 3 rings (SSSR count). The van der Waals surface area contributed by atoms with Crippen molar-refractivity contribution in [1.29, 1.82) is 0 Å². The van der Waals surface area contributed by atoms with E-state index in [9.17, 15) is 9.59 Å². The van der Waals surface area contributed by atoms with E-state index in [1.54, 1.807) is 4.68 Å². The number of hydrogen-bond donors (Lipinski definition) is 2. The summed E-state index contributed by atoms with van der Waals surface area (Å²) in [6, 6.07) is 16.7. The van der Waals surface area contributed by atoms with Crippen LogP contribution in [0.2, 0.25) is 0 Å². The molecule has 8 nitrogen and oxygen atoms in total. The molecule has 1 atom stereocenters. The first kappa shape index (κ1) is 21.5. The summed E-state index contributed by atoms with van der Waals surface area (Å²) in [5.74, 6) is -0.449. The molecule has 0 bridgehead atoms. The van der Waals surface area contributed by atoms with E-state index in [4.69, 9.17) is 0 Å². The Morgan fingerprint density at radius 3 is 2.50 bits per heavy atom. The van der Waals surface area contributed by atoms with Crippen molar-refractivity contribution in [2.45, 2.75) is 36.6 Å². The maximum atomic E-state index is 12.8. The SMILES string of the molecule is CCCCc1ccc(-n2nnnc2S[C@@H](C(=O)NC(=O)NC)c2ccccc2)cc1. The van der Waals surface area contributed by atoms with Crippen molar-refractivity contribution in [2.24, 2.45) is 0 Å². The molecule has 0 radical (unpaired) electrons. The lowest BCUT2D eigenvalue weighted by Crippen LogP contribution is -2.39. The first-order chi connectivity index (χ1) is 14.6. The van der Waals surface area contributed by atoms with Gasteiger partial charge >= 0.3 is 6.03 Å². The fourth-order valence-corrected chi connectivity index (χ4v) is 3.84. The van der Waals surface area contributed by atoms with Gasteiger partial charge < -0.3 is 5.32 Å². The third kappa shape index (κ3) is 5.44. The average Bonchev–Trinajstić information content (AvgIpc) is 3.25. The second-order valence-electron chi connectivity index (χ2n) is 6.62. The molecule has 1 heterocycles. The van der Waals surface area contributed by atoms with Gasteiger partial charge in [0.15, 0.2) is 0 Å². The predicted octanol–water partition coefficient (Wildman–Crippen LogP) is 3.29.